The zero-order valence-electron chi connectivity index (χ0n) is 25.7. The Hall–Kier alpha value is -5.37. The van der Waals surface area contributed by atoms with Gasteiger partial charge in [0.25, 0.3) is 0 Å². The zero-order valence-corrected chi connectivity index (χ0v) is 25.7. The van der Waals surface area contributed by atoms with Gasteiger partial charge in [0.2, 0.25) is 11.8 Å². The third-order valence-corrected chi connectivity index (χ3v) is 9.65. The Morgan fingerprint density at radius 3 is 2.09 bits per heavy atom. The Labute approximate surface area is 267 Å². The van der Waals surface area contributed by atoms with Gasteiger partial charge in [0.05, 0.1) is 22.9 Å². The molecule has 4 aliphatic rings. The second kappa shape index (κ2) is 11.5. The molecular weight excluding hydrogens is 576 g/mol. The maximum absolute atomic E-state index is 14.4. The monoisotopic (exact) mass is 610 g/mol. The van der Waals surface area contributed by atoms with E-state index in [1.807, 2.05) is 79.7 Å². The highest BCUT2D eigenvalue weighted by atomic mass is 16.2. The van der Waals surface area contributed by atoms with E-state index in [0.717, 1.165) is 52.6 Å². The molecule has 3 aliphatic carbocycles. The number of anilines is 2. The molecular formula is C38H34N4O4. The van der Waals surface area contributed by atoms with Crippen molar-refractivity contribution in [1.82, 2.24) is 5.43 Å². The number of carbonyl (C=O) groups excluding carboxylic acids is 4. The maximum Gasteiger partial charge on any atom is 0.329 e. The van der Waals surface area contributed by atoms with Gasteiger partial charge >= 0.3 is 11.8 Å². The summed E-state index contributed by atoms with van der Waals surface area (Å²) in [6.45, 7) is 4.09. The second-order valence-corrected chi connectivity index (χ2v) is 12.3. The normalized spacial score (nSPS) is 22.4. The number of imide groups is 1. The van der Waals surface area contributed by atoms with Crippen molar-refractivity contribution in [3.63, 3.8) is 0 Å². The van der Waals surface area contributed by atoms with Crippen LogP contribution < -0.4 is 15.6 Å². The molecule has 8 rings (SSSR count). The van der Waals surface area contributed by atoms with Crippen molar-refractivity contribution in [2.24, 2.45) is 16.9 Å². The molecule has 1 saturated heterocycles. The average molecular weight is 611 g/mol. The summed E-state index contributed by atoms with van der Waals surface area (Å²) in [7, 11) is 0. The first kappa shape index (κ1) is 29.3. The number of unbranched alkanes of at least 4 members (excludes halogenated alkanes) is 1. The van der Waals surface area contributed by atoms with Gasteiger partial charge in [-0.15, -0.1) is 0 Å². The molecule has 46 heavy (non-hydrogen) atoms. The van der Waals surface area contributed by atoms with Crippen LogP contribution in [0.3, 0.4) is 0 Å². The SMILES string of the molecule is CCCCc1ccc(NC(=O)C(=O)N/N=C\C23c4ccccc4C(c4ccccc42)[C@H]2C(=O)N(c4ccc(C)cc4)C(=O)[C@@H]23)cc1. The molecule has 0 radical (unpaired) electrons. The minimum absolute atomic E-state index is 0.255. The van der Waals surface area contributed by atoms with Crippen LogP contribution in [0.4, 0.5) is 11.4 Å². The van der Waals surface area contributed by atoms with Gasteiger partial charge in [0.15, 0.2) is 0 Å². The summed E-state index contributed by atoms with van der Waals surface area (Å²) in [5.74, 6) is -4.14. The van der Waals surface area contributed by atoms with E-state index < -0.39 is 29.1 Å². The smallest absolute Gasteiger partial charge is 0.318 e. The Bertz CT molecular complexity index is 1850. The number of aryl methyl sites for hydroxylation is 2. The summed E-state index contributed by atoms with van der Waals surface area (Å²) in [6, 6.07) is 30.4. The second-order valence-electron chi connectivity index (χ2n) is 12.3. The molecule has 230 valence electrons. The molecule has 4 aromatic rings. The Morgan fingerprint density at radius 2 is 1.46 bits per heavy atom. The molecule has 8 nitrogen and oxygen atoms in total. The number of carbonyl (C=O) groups is 4. The molecule has 0 saturated carbocycles. The number of amides is 4. The molecule has 0 spiro atoms. The molecule has 0 unspecified atom stereocenters. The van der Waals surface area contributed by atoms with Gasteiger partial charge in [-0.2, -0.15) is 5.10 Å². The van der Waals surface area contributed by atoms with E-state index in [0.29, 0.717) is 11.4 Å². The number of hydrogen-bond acceptors (Lipinski definition) is 5. The van der Waals surface area contributed by atoms with Crippen LogP contribution >= 0.6 is 0 Å². The van der Waals surface area contributed by atoms with Crippen LogP contribution in [0.2, 0.25) is 0 Å². The van der Waals surface area contributed by atoms with E-state index in [1.165, 1.54) is 4.90 Å². The lowest BCUT2D eigenvalue weighted by Crippen LogP contribution is -2.54. The lowest BCUT2D eigenvalue weighted by atomic mass is 9.47. The predicted octanol–water partition coefficient (Wildman–Crippen LogP) is 5.63. The minimum Gasteiger partial charge on any atom is -0.318 e. The predicted molar refractivity (Wildman–Crippen MR) is 176 cm³/mol. The van der Waals surface area contributed by atoms with Crippen molar-refractivity contribution in [1.29, 1.82) is 0 Å². The lowest BCUT2D eigenvalue weighted by Gasteiger charge is -2.52. The first-order valence-corrected chi connectivity index (χ1v) is 15.7. The lowest BCUT2D eigenvalue weighted by molar-refractivity contribution is -0.136. The highest BCUT2D eigenvalue weighted by Gasteiger charge is 2.68. The molecule has 4 aromatic carbocycles. The number of benzene rings is 4. The first-order chi connectivity index (χ1) is 22.3. The summed E-state index contributed by atoms with van der Waals surface area (Å²) in [6.07, 6.45) is 4.67. The van der Waals surface area contributed by atoms with Crippen LogP contribution in [0, 0.1) is 18.8 Å². The number of rotatable bonds is 7. The quantitative estimate of drug-likeness (QED) is 0.122. The van der Waals surface area contributed by atoms with Crippen LogP contribution in [0.15, 0.2) is 102 Å². The van der Waals surface area contributed by atoms with Gasteiger partial charge in [-0.05, 0) is 71.8 Å². The number of hydrogen-bond donors (Lipinski definition) is 2. The summed E-state index contributed by atoms with van der Waals surface area (Å²) in [4.78, 5) is 55.7. The van der Waals surface area contributed by atoms with Crippen molar-refractivity contribution in [3.05, 3.63) is 130 Å². The third kappa shape index (κ3) is 4.55. The maximum atomic E-state index is 14.4. The number of nitrogens with one attached hydrogen (secondary N) is 2. The number of hydrazone groups is 1. The molecule has 8 heteroatoms. The molecule has 2 bridgehead atoms. The number of nitrogens with zero attached hydrogens (tertiary/aromatic N) is 2. The molecule has 1 aliphatic heterocycles. The molecule has 1 heterocycles. The fourth-order valence-electron chi connectivity index (χ4n) is 7.57. The van der Waals surface area contributed by atoms with E-state index in [1.54, 1.807) is 30.5 Å². The fourth-order valence-corrected chi connectivity index (χ4v) is 7.57. The Kier molecular flexibility index (Phi) is 7.35. The topological polar surface area (TPSA) is 108 Å². The van der Waals surface area contributed by atoms with Gasteiger partial charge in [-0.3, -0.25) is 19.2 Å². The van der Waals surface area contributed by atoms with Crippen LogP contribution in [-0.2, 0) is 31.0 Å². The summed E-state index contributed by atoms with van der Waals surface area (Å²) in [5.41, 5.74) is 8.07. The molecule has 2 N–H and O–H groups in total. The van der Waals surface area contributed by atoms with Gasteiger partial charge in [-0.1, -0.05) is 91.7 Å². The first-order valence-electron chi connectivity index (χ1n) is 15.7. The fraction of sp³-hybridized carbons (Fsp3) is 0.237. The van der Waals surface area contributed by atoms with Crippen LogP contribution in [0.25, 0.3) is 0 Å². The van der Waals surface area contributed by atoms with Crippen molar-refractivity contribution >= 4 is 41.2 Å². The van der Waals surface area contributed by atoms with Gasteiger partial charge in [-0.25, -0.2) is 10.3 Å². The molecule has 0 aromatic heterocycles. The Balaban J connectivity index is 1.23. The van der Waals surface area contributed by atoms with E-state index in [9.17, 15) is 19.2 Å². The van der Waals surface area contributed by atoms with Crippen molar-refractivity contribution < 1.29 is 19.2 Å². The van der Waals surface area contributed by atoms with Crippen LogP contribution in [0.1, 0.15) is 59.1 Å². The molecule has 4 amide bonds. The highest BCUT2D eigenvalue weighted by Crippen LogP contribution is 2.63. The van der Waals surface area contributed by atoms with E-state index >= 15 is 0 Å². The largest absolute Gasteiger partial charge is 0.329 e. The minimum atomic E-state index is -1.16. The molecule has 1 fully saturated rings. The van der Waals surface area contributed by atoms with Crippen molar-refractivity contribution in [3.8, 4) is 0 Å². The average Bonchev–Trinajstić information content (AvgIpc) is 3.35. The van der Waals surface area contributed by atoms with Crippen LogP contribution in [0.5, 0.6) is 0 Å². The third-order valence-electron chi connectivity index (χ3n) is 9.65. The van der Waals surface area contributed by atoms with E-state index in [-0.39, 0.29) is 17.7 Å². The summed E-state index contributed by atoms with van der Waals surface area (Å²) in [5, 5.41) is 6.96. The van der Waals surface area contributed by atoms with Gasteiger partial charge < -0.3 is 5.32 Å². The van der Waals surface area contributed by atoms with Crippen molar-refractivity contribution in [2.45, 2.75) is 44.4 Å². The summed E-state index contributed by atoms with van der Waals surface area (Å²) >= 11 is 0. The van der Waals surface area contributed by atoms with Gasteiger partial charge in [0.1, 0.15) is 0 Å². The van der Waals surface area contributed by atoms with Crippen molar-refractivity contribution in [2.75, 3.05) is 10.2 Å². The standard InChI is InChI=1S/C38H34N4O4/c1-3-4-9-24-16-18-25(19-17-24)40-34(43)35(44)41-39-22-38-29-12-7-5-10-27(29)31(28-11-6-8-13-30(28)38)32-33(38)37(46)42(36(32)45)26-20-14-23(2)15-21-26/h5-8,10-22,31-33H,3-4,9H2,1-2H3,(H,40,43)(H,41,44)/b39-22-/t31?,32-,33-,38?/m1/s1. The van der Waals surface area contributed by atoms with E-state index in [2.05, 4.69) is 22.8 Å². The van der Waals surface area contributed by atoms with Crippen LogP contribution in [-0.4, -0.2) is 29.8 Å². The highest BCUT2D eigenvalue weighted by molar-refractivity contribution is 6.39. The van der Waals surface area contributed by atoms with Gasteiger partial charge in [0, 0.05) is 17.8 Å². The van der Waals surface area contributed by atoms with E-state index in [4.69, 9.17) is 0 Å². The zero-order chi connectivity index (χ0) is 32.0. The molecule has 2 atom stereocenters. The Morgan fingerprint density at radius 1 is 0.826 bits per heavy atom. The summed E-state index contributed by atoms with van der Waals surface area (Å²) < 4.78 is 0.